The second-order valence-electron chi connectivity index (χ2n) is 3.37. The number of carbonyl (C=O) groups excluding carboxylic acids is 1. The molecule has 0 aliphatic rings. The third kappa shape index (κ3) is 3.46. The van der Waals surface area contributed by atoms with Gasteiger partial charge in [-0.1, -0.05) is 11.6 Å². The van der Waals surface area contributed by atoms with Crippen LogP contribution < -0.4 is 15.6 Å². The number of H-pyrrole nitrogens is 1. The van der Waals surface area contributed by atoms with Crippen LogP contribution in [0, 0.1) is 0 Å². The Morgan fingerprint density at radius 2 is 1.47 bits per heavy atom. The SMILES string of the molecule is O=C(Nc1cc[nH+]cc1)Nc1ccc(Cl)cc1. The first-order chi connectivity index (χ1) is 8.24. The number of benzene rings is 1. The Morgan fingerprint density at radius 3 is 2.06 bits per heavy atom. The first-order valence-corrected chi connectivity index (χ1v) is 5.41. The maximum Gasteiger partial charge on any atom is 0.323 e. The maximum atomic E-state index is 11.6. The van der Waals surface area contributed by atoms with Gasteiger partial charge >= 0.3 is 6.03 Å². The number of pyridine rings is 1. The summed E-state index contributed by atoms with van der Waals surface area (Å²) >= 11 is 5.75. The maximum absolute atomic E-state index is 11.6. The molecule has 0 aliphatic heterocycles. The van der Waals surface area contributed by atoms with Crippen LogP contribution in [0.15, 0.2) is 48.8 Å². The van der Waals surface area contributed by atoms with Gasteiger partial charge in [0.05, 0.1) is 5.69 Å². The Labute approximate surface area is 104 Å². The molecule has 86 valence electrons. The number of carbonyl (C=O) groups is 1. The van der Waals surface area contributed by atoms with Gasteiger partial charge < -0.3 is 10.6 Å². The summed E-state index contributed by atoms with van der Waals surface area (Å²) in [6.45, 7) is 0. The van der Waals surface area contributed by atoms with Crippen molar-refractivity contribution in [1.82, 2.24) is 0 Å². The molecular formula is C12H11ClN3O+. The fourth-order valence-electron chi connectivity index (χ4n) is 1.30. The van der Waals surface area contributed by atoms with Crippen molar-refractivity contribution in [3.63, 3.8) is 0 Å². The predicted molar refractivity (Wildman–Crippen MR) is 67.1 cm³/mol. The van der Waals surface area contributed by atoms with E-state index >= 15 is 0 Å². The van der Waals surface area contributed by atoms with E-state index in [-0.39, 0.29) is 6.03 Å². The summed E-state index contributed by atoms with van der Waals surface area (Å²) in [5.74, 6) is 0. The summed E-state index contributed by atoms with van der Waals surface area (Å²) in [6.07, 6.45) is 3.47. The predicted octanol–water partition coefficient (Wildman–Crippen LogP) is 2.80. The highest BCUT2D eigenvalue weighted by Crippen LogP contribution is 2.13. The number of rotatable bonds is 2. The minimum Gasteiger partial charge on any atom is -0.308 e. The van der Waals surface area contributed by atoms with E-state index in [2.05, 4.69) is 15.6 Å². The molecule has 0 saturated carbocycles. The molecule has 2 amide bonds. The zero-order valence-electron chi connectivity index (χ0n) is 8.91. The van der Waals surface area contributed by atoms with Crippen LogP contribution in [0.2, 0.25) is 5.02 Å². The summed E-state index contributed by atoms with van der Waals surface area (Å²) in [5.41, 5.74) is 1.41. The molecule has 0 aliphatic carbocycles. The van der Waals surface area contributed by atoms with Crippen molar-refractivity contribution in [2.75, 3.05) is 10.6 Å². The average molecular weight is 249 g/mol. The van der Waals surface area contributed by atoms with Crippen LogP contribution in [0.4, 0.5) is 16.2 Å². The van der Waals surface area contributed by atoms with E-state index in [1.54, 1.807) is 48.8 Å². The van der Waals surface area contributed by atoms with Crippen molar-refractivity contribution >= 4 is 29.0 Å². The van der Waals surface area contributed by atoms with E-state index in [1.165, 1.54) is 0 Å². The highest BCUT2D eigenvalue weighted by Gasteiger charge is 2.02. The van der Waals surface area contributed by atoms with Crippen LogP contribution in [0.3, 0.4) is 0 Å². The minimum absolute atomic E-state index is 0.293. The summed E-state index contributed by atoms with van der Waals surface area (Å²) in [5, 5.41) is 6.03. The smallest absolute Gasteiger partial charge is 0.308 e. The number of urea groups is 1. The molecule has 2 aromatic rings. The molecule has 0 unspecified atom stereocenters. The third-order valence-corrected chi connectivity index (χ3v) is 2.33. The van der Waals surface area contributed by atoms with Crippen molar-refractivity contribution in [1.29, 1.82) is 0 Å². The Bertz CT molecular complexity index is 499. The lowest BCUT2D eigenvalue weighted by atomic mass is 10.3. The van der Waals surface area contributed by atoms with Gasteiger partial charge in [-0.05, 0) is 24.3 Å². The van der Waals surface area contributed by atoms with Crippen molar-refractivity contribution in [2.24, 2.45) is 0 Å². The van der Waals surface area contributed by atoms with E-state index < -0.39 is 0 Å². The second-order valence-corrected chi connectivity index (χ2v) is 3.81. The number of nitrogens with one attached hydrogen (secondary N) is 3. The first kappa shape index (κ1) is 11.4. The Balaban J connectivity index is 1.96. The van der Waals surface area contributed by atoms with Crippen LogP contribution in [0.5, 0.6) is 0 Å². The number of aromatic nitrogens is 1. The van der Waals surface area contributed by atoms with Crippen LogP contribution in [0.25, 0.3) is 0 Å². The molecule has 3 N–H and O–H groups in total. The Hall–Kier alpha value is -2.07. The van der Waals surface area contributed by atoms with E-state index in [9.17, 15) is 4.79 Å². The second kappa shape index (κ2) is 5.32. The molecule has 1 aromatic carbocycles. The molecule has 0 atom stereocenters. The lowest BCUT2D eigenvalue weighted by Crippen LogP contribution is -2.19. The molecule has 0 bridgehead atoms. The summed E-state index contributed by atoms with van der Waals surface area (Å²) in [6, 6.07) is 10.1. The molecule has 4 nitrogen and oxygen atoms in total. The molecule has 0 spiro atoms. The normalized spacial score (nSPS) is 9.71. The first-order valence-electron chi connectivity index (χ1n) is 5.04. The summed E-state index contributed by atoms with van der Waals surface area (Å²) in [7, 11) is 0. The Morgan fingerprint density at radius 1 is 0.941 bits per heavy atom. The van der Waals surface area contributed by atoms with Crippen molar-refractivity contribution in [3.8, 4) is 0 Å². The molecule has 5 heteroatoms. The van der Waals surface area contributed by atoms with Gasteiger partial charge in [-0.25, -0.2) is 9.78 Å². The monoisotopic (exact) mass is 248 g/mol. The van der Waals surface area contributed by atoms with Crippen molar-refractivity contribution in [2.45, 2.75) is 0 Å². The number of aromatic amines is 1. The van der Waals surface area contributed by atoms with Crippen LogP contribution in [-0.2, 0) is 0 Å². The summed E-state index contributed by atoms with van der Waals surface area (Å²) < 4.78 is 0. The van der Waals surface area contributed by atoms with Crippen LogP contribution >= 0.6 is 11.6 Å². The van der Waals surface area contributed by atoms with E-state index in [0.717, 1.165) is 5.69 Å². The zero-order valence-corrected chi connectivity index (χ0v) is 9.66. The number of hydrogen-bond donors (Lipinski definition) is 2. The highest BCUT2D eigenvalue weighted by molar-refractivity contribution is 6.30. The molecule has 2 rings (SSSR count). The number of anilines is 2. The average Bonchev–Trinajstić information content (AvgIpc) is 2.33. The highest BCUT2D eigenvalue weighted by atomic mass is 35.5. The van der Waals surface area contributed by atoms with Gasteiger partial charge in [0.25, 0.3) is 0 Å². The summed E-state index contributed by atoms with van der Waals surface area (Å²) in [4.78, 5) is 14.5. The number of halogens is 1. The quantitative estimate of drug-likeness (QED) is 0.844. The topological polar surface area (TPSA) is 55.3 Å². The van der Waals surface area contributed by atoms with Gasteiger partial charge in [-0.3, -0.25) is 0 Å². The van der Waals surface area contributed by atoms with E-state index in [0.29, 0.717) is 10.7 Å². The van der Waals surface area contributed by atoms with Gasteiger partial charge in [-0.15, -0.1) is 0 Å². The molecular weight excluding hydrogens is 238 g/mol. The molecule has 1 aromatic heterocycles. The minimum atomic E-state index is -0.293. The lowest BCUT2D eigenvalue weighted by Gasteiger charge is -2.06. The zero-order chi connectivity index (χ0) is 12.1. The van der Waals surface area contributed by atoms with Gasteiger partial charge in [0.2, 0.25) is 0 Å². The molecule has 17 heavy (non-hydrogen) atoms. The van der Waals surface area contributed by atoms with Crippen molar-refractivity contribution < 1.29 is 9.78 Å². The number of amides is 2. The van der Waals surface area contributed by atoms with Gasteiger partial charge in [0.15, 0.2) is 12.4 Å². The fourth-order valence-corrected chi connectivity index (χ4v) is 1.42. The largest absolute Gasteiger partial charge is 0.323 e. The van der Waals surface area contributed by atoms with Crippen molar-refractivity contribution in [3.05, 3.63) is 53.8 Å². The molecule has 0 fully saturated rings. The standard InChI is InChI=1S/C12H10ClN3O/c13-9-1-3-10(4-2-9)15-12(17)16-11-5-7-14-8-6-11/h1-8H,(H2,14,15,16,17)/p+1. The van der Waals surface area contributed by atoms with E-state index in [4.69, 9.17) is 11.6 Å². The number of hydrogen-bond acceptors (Lipinski definition) is 1. The van der Waals surface area contributed by atoms with Crippen LogP contribution in [0.1, 0.15) is 0 Å². The Kier molecular flexibility index (Phi) is 3.57. The van der Waals surface area contributed by atoms with Gasteiger partial charge in [0.1, 0.15) is 0 Å². The molecule has 0 radical (unpaired) electrons. The third-order valence-electron chi connectivity index (χ3n) is 2.08. The van der Waals surface area contributed by atoms with Gasteiger partial charge in [-0.2, -0.15) is 0 Å². The fraction of sp³-hybridized carbons (Fsp3) is 0. The lowest BCUT2D eigenvalue weighted by molar-refractivity contribution is -0.377. The molecule has 1 heterocycles. The van der Waals surface area contributed by atoms with E-state index in [1.807, 2.05) is 0 Å². The van der Waals surface area contributed by atoms with Gasteiger partial charge in [0, 0.05) is 22.8 Å². The molecule has 0 saturated heterocycles. The van der Waals surface area contributed by atoms with Crippen LogP contribution in [-0.4, -0.2) is 6.03 Å².